The first-order chi connectivity index (χ1) is 8.79. The van der Waals surface area contributed by atoms with Gasteiger partial charge in [-0.2, -0.15) is 13.2 Å². The molecule has 108 valence electrons. The van der Waals surface area contributed by atoms with E-state index < -0.39 is 17.7 Å². The molecule has 0 spiro atoms. The Hall–Kier alpha value is -1.56. The van der Waals surface area contributed by atoms with E-state index in [0.717, 1.165) is 25.2 Å². The maximum Gasteiger partial charge on any atom is 0.412 e. The van der Waals surface area contributed by atoms with Gasteiger partial charge in [-0.1, -0.05) is 18.7 Å². The van der Waals surface area contributed by atoms with Crippen LogP contribution in [0.1, 0.15) is 19.8 Å². The molecule has 0 saturated heterocycles. The van der Waals surface area contributed by atoms with E-state index in [-0.39, 0.29) is 18.8 Å². The number of carbonyl (C=O) groups is 1. The number of unbranched alkanes of at least 4 members (excludes halogenated alkanes) is 1. The molecule has 0 atom stereocenters. The van der Waals surface area contributed by atoms with Crippen LogP contribution in [0.15, 0.2) is 36.0 Å². The van der Waals surface area contributed by atoms with Gasteiger partial charge in [0, 0.05) is 12.2 Å². The summed E-state index contributed by atoms with van der Waals surface area (Å²) in [5.74, 6) is -0.688. The standard InChI is InChI=1S/C13H17F3O3/c1-10(12(18)19-9-4-3-8-17)6-5-7-11(2)13(14,15)16/h5-7,17H,1,3-4,8-9H2,2H3/b6-5-,11-7+. The summed E-state index contributed by atoms with van der Waals surface area (Å²) in [5.41, 5.74) is -0.803. The molecule has 1 N–H and O–H groups in total. The van der Waals surface area contributed by atoms with Crippen molar-refractivity contribution < 1.29 is 27.8 Å². The molecule has 0 radical (unpaired) electrons. The van der Waals surface area contributed by atoms with Gasteiger partial charge in [0.25, 0.3) is 0 Å². The quantitative estimate of drug-likeness (QED) is 0.337. The van der Waals surface area contributed by atoms with E-state index in [1.165, 1.54) is 0 Å². The molecule has 0 fully saturated rings. The zero-order chi connectivity index (χ0) is 14.9. The Morgan fingerprint density at radius 1 is 1.37 bits per heavy atom. The number of esters is 1. The Kier molecular flexibility index (Phi) is 7.83. The predicted octanol–water partition coefficient (Wildman–Crippen LogP) is 2.92. The number of rotatable bonds is 7. The van der Waals surface area contributed by atoms with Gasteiger partial charge >= 0.3 is 12.1 Å². The molecule has 0 rings (SSSR count). The predicted molar refractivity (Wildman–Crippen MR) is 65.4 cm³/mol. The topological polar surface area (TPSA) is 46.5 Å². The van der Waals surface area contributed by atoms with E-state index in [1.807, 2.05) is 0 Å². The second-order valence-corrected chi connectivity index (χ2v) is 3.80. The van der Waals surface area contributed by atoms with Crippen molar-refractivity contribution in [3.8, 4) is 0 Å². The Morgan fingerprint density at radius 2 is 2.00 bits per heavy atom. The molecule has 0 saturated carbocycles. The van der Waals surface area contributed by atoms with Gasteiger partial charge in [0.15, 0.2) is 0 Å². The lowest BCUT2D eigenvalue weighted by atomic mass is 10.2. The van der Waals surface area contributed by atoms with Gasteiger partial charge in [0.05, 0.1) is 12.2 Å². The normalized spacial score (nSPS) is 12.8. The van der Waals surface area contributed by atoms with E-state index in [4.69, 9.17) is 9.84 Å². The maximum atomic E-state index is 12.1. The van der Waals surface area contributed by atoms with Crippen LogP contribution in [0, 0.1) is 0 Å². The number of ether oxygens (including phenoxy) is 1. The second kappa shape index (κ2) is 8.53. The van der Waals surface area contributed by atoms with Crippen LogP contribution in [-0.4, -0.2) is 30.5 Å². The van der Waals surface area contributed by atoms with Crippen molar-refractivity contribution in [3.05, 3.63) is 36.0 Å². The van der Waals surface area contributed by atoms with Crippen LogP contribution in [-0.2, 0) is 9.53 Å². The highest BCUT2D eigenvalue weighted by Crippen LogP contribution is 2.24. The minimum Gasteiger partial charge on any atom is -0.462 e. The Bertz CT molecular complexity index is 368. The molecular weight excluding hydrogens is 261 g/mol. The summed E-state index contributed by atoms with van der Waals surface area (Å²) in [6, 6.07) is 0. The summed E-state index contributed by atoms with van der Waals surface area (Å²) in [5, 5.41) is 8.51. The maximum absolute atomic E-state index is 12.1. The van der Waals surface area contributed by atoms with Crippen molar-refractivity contribution in [2.45, 2.75) is 25.9 Å². The Balaban J connectivity index is 4.19. The fourth-order valence-corrected chi connectivity index (χ4v) is 0.943. The largest absolute Gasteiger partial charge is 0.462 e. The highest BCUT2D eigenvalue weighted by atomic mass is 19.4. The van der Waals surface area contributed by atoms with Gasteiger partial charge in [-0.3, -0.25) is 0 Å². The molecule has 0 amide bonds. The molecule has 19 heavy (non-hydrogen) atoms. The molecule has 0 aliphatic rings. The van der Waals surface area contributed by atoms with Crippen LogP contribution in [0.4, 0.5) is 13.2 Å². The van der Waals surface area contributed by atoms with Crippen molar-refractivity contribution in [1.29, 1.82) is 0 Å². The monoisotopic (exact) mass is 278 g/mol. The number of allylic oxidation sites excluding steroid dienone is 3. The first-order valence-electron chi connectivity index (χ1n) is 5.68. The molecule has 0 unspecified atom stereocenters. The summed E-state index contributed by atoms with van der Waals surface area (Å²) >= 11 is 0. The lowest BCUT2D eigenvalue weighted by Gasteiger charge is -2.04. The molecule has 0 aromatic carbocycles. The molecule has 0 bridgehead atoms. The first kappa shape index (κ1) is 17.4. The minimum atomic E-state index is -4.38. The Labute approximate surface area is 110 Å². The molecule has 0 aliphatic heterocycles. The molecular formula is C13H17F3O3. The van der Waals surface area contributed by atoms with Gasteiger partial charge < -0.3 is 9.84 Å². The highest BCUT2D eigenvalue weighted by molar-refractivity contribution is 5.90. The number of hydrogen-bond acceptors (Lipinski definition) is 3. The van der Waals surface area contributed by atoms with Gasteiger partial charge in [-0.05, 0) is 25.8 Å². The SMILES string of the molecule is C=C(/C=C\C=C(/C)C(F)(F)F)C(=O)OCCCCO. The van der Waals surface area contributed by atoms with Crippen molar-refractivity contribution in [1.82, 2.24) is 0 Å². The van der Waals surface area contributed by atoms with Gasteiger partial charge in [0.1, 0.15) is 0 Å². The third kappa shape index (κ3) is 8.20. The minimum absolute atomic E-state index is 0.0138. The molecule has 6 heteroatoms. The third-order valence-electron chi connectivity index (χ3n) is 2.14. The van der Waals surface area contributed by atoms with Gasteiger partial charge in [-0.25, -0.2) is 4.79 Å². The summed E-state index contributed by atoms with van der Waals surface area (Å²) < 4.78 is 41.2. The van der Waals surface area contributed by atoms with Crippen LogP contribution in [0.2, 0.25) is 0 Å². The number of hydrogen-bond donors (Lipinski definition) is 1. The third-order valence-corrected chi connectivity index (χ3v) is 2.14. The van der Waals surface area contributed by atoms with Gasteiger partial charge in [-0.15, -0.1) is 0 Å². The van der Waals surface area contributed by atoms with E-state index in [0.29, 0.717) is 12.8 Å². The summed E-state index contributed by atoms with van der Waals surface area (Å²) in [6.45, 7) is 4.48. The summed E-state index contributed by atoms with van der Waals surface area (Å²) in [7, 11) is 0. The van der Waals surface area contributed by atoms with Crippen molar-refractivity contribution in [3.63, 3.8) is 0 Å². The van der Waals surface area contributed by atoms with Crippen LogP contribution in [0.3, 0.4) is 0 Å². The van der Waals surface area contributed by atoms with E-state index in [2.05, 4.69) is 6.58 Å². The van der Waals surface area contributed by atoms with Crippen LogP contribution in [0.25, 0.3) is 0 Å². The molecule has 0 heterocycles. The number of aliphatic hydroxyl groups excluding tert-OH is 1. The molecule has 0 aromatic heterocycles. The summed E-state index contributed by atoms with van der Waals surface area (Å²) in [6.07, 6.45) is -0.236. The van der Waals surface area contributed by atoms with Crippen molar-refractivity contribution in [2.75, 3.05) is 13.2 Å². The molecule has 0 aromatic rings. The number of carbonyl (C=O) groups excluding carboxylic acids is 1. The number of aliphatic hydroxyl groups is 1. The molecule has 3 nitrogen and oxygen atoms in total. The van der Waals surface area contributed by atoms with Crippen LogP contribution < -0.4 is 0 Å². The fourth-order valence-electron chi connectivity index (χ4n) is 0.943. The smallest absolute Gasteiger partial charge is 0.412 e. The first-order valence-corrected chi connectivity index (χ1v) is 5.68. The second-order valence-electron chi connectivity index (χ2n) is 3.80. The highest BCUT2D eigenvalue weighted by Gasteiger charge is 2.29. The lowest BCUT2D eigenvalue weighted by Crippen LogP contribution is -2.08. The van der Waals surface area contributed by atoms with E-state index >= 15 is 0 Å². The molecule has 0 aliphatic carbocycles. The van der Waals surface area contributed by atoms with Gasteiger partial charge in [0.2, 0.25) is 0 Å². The average molecular weight is 278 g/mol. The summed E-state index contributed by atoms with van der Waals surface area (Å²) in [4.78, 5) is 11.3. The van der Waals surface area contributed by atoms with Crippen LogP contribution >= 0.6 is 0 Å². The fraction of sp³-hybridized carbons (Fsp3) is 0.462. The Morgan fingerprint density at radius 3 is 2.53 bits per heavy atom. The average Bonchev–Trinajstić information content (AvgIpc) is 2.32. The zero-order valence-electron chi connectivity index (χ0n) is 10.7. The van der Waals surface area contributed by atoms with Crippen LogP contribution in [0.5, 0.6) is 0 Å². The lowest BCUT2D eigenvalue weighted by molar-refractivity contribution is -0.138. The van der Waals surface area contributed by atoms with E-state index in [9.17, 15) is 18.0 Å². The van der Waals surface area contributed by atoms with E-state index in [1.54, 1.807) is 0 Å². The number of halogens is 3. The van der Waals surface area contributed by atoms with Crippen molar-refractivity contribution >= 4 is 5.97 Å². The number of alkyl halides is 3. The van der Waals surface area contributed by atoms with Crippen molar-refractivity contribution in [2.24, 2.45) is 0 Å². The zero-order valence-corrected chi connectivity index (χ0v) is 10.7.